The van der Waals surface area contributed by atoms with E-state index in [0.717, 1.165) is 24.6 Å². The van der Waals surface area contributed by atoms with Gasteiger partial charge in [0.1, 0.15) is 0 Å². The molecular weight excluding hydrogens is 288 g/mol. The molecule has 0 unspecified atom stereocenters. The molecule has 1 saturated heterocycles. The Hall–Kier alpha value is -1.78. The van der Waals surface area contributed by atoms with Crippen molar-refractivity contribution in [2.75, 3.05) is 26.2 Å². The van der Waals surface area contributed by atoms with Gasteiger partial charge in [-0.05, 0) is 50.2 Å². The molecule has 5 heteroatoms. The van der Waals surface area contributed by atoms with Crippen LogP contribution in [0.3, 0.4) is 0 Å². The van der Waals surface area contributed by atoms with Gasteiger partial charge in [-0.2, -0.15) is 0 Å². The number of pyridine rings is 1. The highest BCUT2D eigenvalue weighted by atomic mass is 16.5. The number of hydrogen-bond donors (Lipinski definition) is 1. The van der Waals surface area contributed by atoms with E-state index >= 15 is 0 Å². The van der Waals surface area contributed by atoms with Crippen LogP contribution in [0.25, 0.3) is 0 Å². The van der Waals surface area contributed by atoms with Gasteiger partial charge < -0.3 is 15.0 Å². The zero-order chi connectivity index (χ0) is 16.1. The predicted octanol–water partition coefficient (Wildman–Crippen LogP) is 2.82. The second-order valence-electron chi connectivity index (χ2n) is 6.63. The summed E-state index contributed by atoms with van der Waals surface area (Å²) in [6.07, 6.45) is 7.30. The first-order chi connectivity index (χ1) is 11.2. The van der Waals surface area contributed by atoms with Crippen molar-refractivity contribution in [3.63, 3.8) is 0 Å². The minimum absolute atomic E-state index is 0.592. The van der Waals surface area contributed by atoms with Crippen molar-refractivity contribution >= 4 is 5.96 Å². The summed E-state index contributed by atoms with van der Waals surface area (Å²) in [7, 11) is 0. The Morgan fingerprint density at radius 3 is 2.91 bits per heavy atom. The van der Waals surface area contributed by atoms with Crippen LogP contribution in [-0.2, 0) is 6.54 Å². The Kier molecular flexibility index (Phi) is 5.03. The van der Waals surface area contributed by atoms with Gasteiger partial charge in [-0.25, -0.2) is 9.98 Å². The molecule has 1 spiro atoms. The van der Waals surface area contributed by atoms with E-state index < -0.39 is 0 Å². The third-order valence-corrected chi connectivity index (χ3v) is 4.99. The van der Waals surface area contributed by atoms with Gasteiger partial charge in [0.15, 0.2) is 5.96 Å². The van der Waals surface area contributed by atoms with Crippen molar-refractivity contribution in [3.05, 3.63) is 23.9 Å². The SMILES string of the molecule is CCNC(=NCc1ccnc(OCC)c1)N1CCC2(CCC2)C1. The molecule has 0 aromatic carbocycles. The Labute approximate surface area is 139 Å². The minimum Gasteiger partial charge on any atom is -0.478 e. The highest BCUT2D eigenvalue weighted by molar-refractivity contribution is 5.80. The number of aromatic nitrogens is 1. The van der Waals surface area contributed by atoms with Gasteiger partial charge in [0, 0.05) is 31.9 Å². The second kappa shape index (κ2) is 7.20. The van der Waals surface area contributed by atoms with Crippen LogP contribution in [-0.4, -0.2) is 42.1 Å². The number of guanidine groups is 1. The monoisotopic (exact) mass is 316 g/mol. The van der Waals surface area contributed by atoms with Gasteiger partial charge in [0.05, 0.1) is 13.2 Å². The Morgan fingerprint density at radius 2 is 2.26 bits per heavy atom. The van der Waals surface area contributed by atoms with E-state index in [9.17, 15) is 0 Å². The van der Waals surface area contributed by atoms with Crippen LogP contribution in [0.4, 0.5) is 0 Å². The van der Waals surface area contributed by atoms with Crippen LogP contribution in [0.5, 0.6) is 5.88 Å². The summed E-state index contributed by atoms with van der Waals surface area (Å²) in [6.45, 7) is 8.60. The number of nitrogens with zero attached hydrogens (tertiary/aromatic N) is 3. The summed E-state index contributed by atoms with van der Waals surface area (Å²) in [5.41, 5.74) is 1.73. The number of nitrogens with one attached hydrogen (secondary N) is 1. The van der Waals surface area contributed by atoms with E-state index in [1.807, 2.05) is 19.1 Å². The smallest absolute Gasteiger partial charge is 0.213 e. The van der Waals surface area contributed by atoms with E-state index in [-0.39, 0.29) is 0 Å². The van der Waals surface area contributed by atoms with E-state index in [1.165, 1.54) is 32.2 Å². The molecule has 1 saturated carbocycles. The zero-order valence-corrected chi connectivity index (χ0v) is 14.3. The van der Waals surface area contributed by atoms with Gasteiger partial charge in [0.2, 0.25) is 5.88 Å². The lowest BCUT2D eigenvalue weighted by atomic mass is 9.68. The molecule has 0 atom stereocenters. The lowest BCUT2D eigenvalue weighted by Crippen LogP contribution is -2.42. The maximum Gasteiger partial charge on any atom is 0.213 e. The number of aliphatic imine (C=N–C) groups is 1. The fourth-order valence-corrected chi connectivity index (χ4v) is 3.57. The molecule has 1 aromatic rings. The topological polar surface area (TPSA) is 49.8 Å². The van der Waals surface area contributed by atoms with Crippen LogP contribution in [0.1, 0.15) is 45.1 Å². The fraction of sp³-hybridized carbons (Fsp3) is 0.667. The maximum atomic E-state index is 5.46. The molecule has 3 rings (SSSR count). The van der Waals surface area contributed by atoms with Crippen LogP contribution >= 0.6 is 0 Å². The summed E-state index contributed by atoms with van der Waals surface area (Å²) in [4.78, 5) is 11.5. The van der Waals surface area contributed by atoms with Gasteiger partial charge >= 0.3 is 0 Å². The summed E-state index contributed by atoms with van der Waals surface area (Å²) in [5, 5.41) is 3.45. The summed E-state index contributed by atoms with van der Waals surface area (Å²) in [5.74, 6) is 1.73. The normalized spacial score (nSPS) is 19.7. The average molecular weight is 316 g/mol. The largest absolute Gasteiger partial charge is 0.478 e. The van der Waals surface area contributed by atoms with Crippen LogP contribution in [0, 0.1) is 5.41 Å². The molecule has 2 fully saturated rings. The molecular formula is C18H28N4O. The van der Waals surface area contributed by atoms with E-state index in [4.69, 9.17) is 9.73 Å². The van der Waals surface area contributed by atoms with Crippen LogP contribution in [0.2, 0.25) is 0 Å². The van der Waals surface area contributed by atoms with Crippen molar-refractivity contribution in [3.8, 4) is 5.88 Å². The molecule has 0 bridgehead atoms. The summed E-state index contributed by atoms with van der Waals surface area (Å²) < 4.78 is 5.46. The molecule has 126 valence electrons. The van der Waals surface area contributed by atoms with Crippen LogP contribution < -0.4 is 10.1 Å². The minimum atomic E-state index is 0.592. The molecule has 23 heavy (non-hydrogen) atoms. The Balaban J connectivity index is 1.66. The summed E-state index contributed by atoms with van der Waals surface area (Å²) >= 11 is 0. The summed E-state index contributed by atoms with van der Waals surface area (Å²) in [6, 6.07) is 3.99. The molecule has 5 nitrogen and oxygen atoms in total. The van der Waals surface area contributed by atoms with Gasteiger partial charge in [-0.3, -0.25) is 0 Å². The van der Waals surface area contributed by atoms with E-state index in [2.05, 4.69) is 22.1 Å². The lowest BCUT2D eigenvalue weighted by molar-refractivity contribution is 0.151. The quantitative estimate of drug-likeness (QED) is 0.670. The molecule has 1 aliphatic carbocycles. The second-order valence-corrected chi connectivity index (χ2v) is 6.63. The Morgan fingerprint density at radius 1 is 1.39 bits per heavy atom. The van der Waals surface area contributed by atoms with Gasteiger partial charge in [-0.1, -0.05) is 6.42 Å². The third-order valence-electron chi connectivity index (χ3n) is 4.99. The van der Waals surface area contributed by atoms with Crippen molar-refractivity contribution in [2.45, 2.75) is 46.1 Å². The number of ether oxygens (including phenoxy) is 1. The molecule has 1 aromatic heterocycles. The molecule has 1 N–H and O–H groups in total. The zero-order valence-electron chi connectivity index (χ0n) is 14.3. The van der Waals surface area contributed by atoms with Crippen LogP contribution in [0.15, 0.2) is 23.3 Å². The first kappa shape index (κ1) is 16.1. The van der Waals surface area contributed by atoms with Crippen molar-refractivity contribution in [1.29, 1.82) is 0 Å². The van der Waals surface area contributed by atoms with Gasteiger partial charge in [0.25, 0.3) is 0 Å². The third kappa shape index (κ3) is 3.77. The molecule has 1 aliphatic heterocycles. The van der Waals surface area contributed by atoms with Crippen molar-refractivity contribution in [2.24, 2.45) is 10.4 Å². The molecule has 0 amide bonds. The first-order valence-electron chi connectivity index (χ1n) is 8.86. The maximum absolute atomic E-state index is 5.46. The number of rotatable bonds is 5. The molecule has 0 radical (unpaired) electrons. The van der Waals surface area contributed by atoms with Gasteiger partial charge in [-0.15, -0.1) is 0 Å². The highest BCUT2D eigenvalue weighted by Gasteiger charge is 2.43. The fourth-order valence-electron chi connectivity index (χ4n) is 3.57. The highest BCUT2D eigenvalue weighted by Crippen LogP contribution is 2.47. The van der Waals surface area contributed by atoms with E-state index in [1.54, 1.807) is 6.20 Å². The standard InChI is InChI=1S/C18H28N4O/c1-3-19-17(22-11-9-18(14-22)7-5-8-18)21-13-15-6-10-20-16(12-15)23-4-2/h6,10,12H,3-5,7-9,11,13-14H2,1-2H3,(H,19,21). The first-order valence-corrected chi connectivity index (χ1v) is 8.86. The van der Waals surface area contributed by atoms with Crippen molar-refractivity contribution < 1.29 is 4.74 Å². The molecule has 2 heterocycles. The predicted molar refractivity (Wildman–Crippen MR) is 92.7 cm³/mol. The average Bonchev–Trinajstić information content (AvgIpc) is 2.98. The number of hydrogen-bond acceptors (Lipinski definition) is 3. The van der Waals surface area contributed by atoms with E-state index in [0.29, 0.717) is 24.4 Å². The number of likely N-dealkylation sites (tertiary alicyclic amines) is 1. The lowest BCUT2D eigenvalue weighted by Gasteiger charge is -2.38. The van der Waals surface area contributed by atoms with Crippen molar-refractivity contribution in [1.82, 2.24) is 15.2 Å². The molecule has 2 aliphatic rings. The Bertz CT molecular complexity index is 554.